The topological polar surface area (TPSA) is 48.1 Å². The number of rotatable bonds is 4. The zero-order valence-corrected chi connectivity index (χ0v) is 12.6. The lowest BCUT2D eigenvalue weighted by molar-refractivity contribution is 0.451. The summed E-state index contributed by atoms with van der Waals surface area (Å²) in [6.07, 6.45) is 1.76. The Bertz CT molecular complexity index is 606. The van der Waals surface area contributed by atoms with Crippen molar-refractivity contribution < 1.29 is 4.74 Å². The number of pyridine rings is 1. The molecule has 2 aromatic rings. The quantitative estimate of drug-likeness (QED) is 0.911. The summed E-state index contributed by atoms with van der Waals surface area (Å²) in [7, 11) is 0. The summed E-state index contributed by atoms with van der Waals surface area (Å²) in [6, 6.07) is 8.26. The zero-order valence-electron chi connectivity index (χ0n) is 12.6. The Labute approximate surface area is 120 Å². The Morgan fingerprint density at radius 1 is 1.15 bits per heavy atom. The second-order valence-corrected chi connectivity index (χ2v) is 5.40. The van der Waals surface area contributed by atoms with E-state index >= 15 is 0 Å². The van der Waals surface area contributed by atoms with Gasteiger partial charge in [-0.2, -0.15) is 0 Å². The fourth-order valence-corrected chi connectivity index (χ4v) is 2.09. The second-order valence-electron chi connectivity index (χ2n) is 5.40. The van der Waals surface area contributed by atoms with Gasteiger partial charge < -0.3 is 10.5 Å². The third kappa shape index (κ3) is 2.99. The van der Waals surface area contributed by atoms with Crippen LogP contribution in [-0.4, -0.2) is 4.98 Å². The first-order valence-electron chi connectivity index (χ1n) is 6.96. The van der Waals surface area contributed by atoms with Crippen molar-refractivity contribution >= 4 is 0 Å². The third-order valence-corrected chi connectivity index (χ3v) is 3.54. The van der Waals surface area contributed by atoms with Gasteiger partial charge in [0.2, 0.25) is 5.88 Å². The average molecular weight is 270 g/mol. The van der Waals surface area contributed by atoms with Crippen LogP contribution in [0.3, 0.4) is 0 Å². The van der Waals surface area contributed by atoms with Crippen LogP contribution in [0, 0.1) is 13.8 Å². The Morgan fingerprint density at radius 2 is 1.90 bits per heavy atom. The van der Waals surface area contributed by atoms with Crippen molar-refractivity contribution in [1.29, 1.82) is 0 Å². The molecule has 0 fully saturated rings. The van der Waals surface area contributed by atoms with E-state index < -0.39 is 0 Å². The van der Waals surface area contributed by atoms with Crippen molar-refractivity contribution in [3.8, 4) is 11.6 Å². The standard InChI is InChI=1S/C17H22N2O/c1-11(2)14-6-5-13(4)16(9-14)20-17-15(10-18)12(3)7-8-19-17/h5-9,11H,10,18H2,1-4H3. The van der Waals surface area contributed by atoms with Crippen LogP contribution < -0.4 is 10.5 Å². The fourth-order valence-electron chi connectivity index (χ4n) is 2.09. The van der Waals surface area contributed by atoms with E-state index in [1.54, 1.807) is 6.20 Å². The van der Waals surface area contributed by atoms with Crippen LogP contribution in [0.1, 0.15) is 42.0 Å². The van der Waals surface area contributed by atoms with Crippen LogP contribution in [0.15, 0.2) is 30.5 Å². The maximum Gasteiger partial charge on any atom is 0.223 e. The van der Waals surface area contributed by atoms with Gasteiger partial charge in [0.05, 0.1) is 0 Å². The third-order valence-electron chi connectivity index (χ3n) is 3.54. The number of ether oxygens (including phenoxy) is 1. The second kappa shape index (κ2) is 6.06. The van der Waals surface area contributed by atoms with Crippen LogP contribution in [-0.2, 0) is 6.54 Å². The first kappa shape index (κ1) is 14.5. The highest BCUT2D eigenvalue weighted by atomic mass is 16.5. The molecule has 0 unspecified atom stereocenters. The predicted molar refractivity (Wildman–Crippen MR) is 82.2 cm³/mol. The number of benzene rings is 1. The molecule has 0 atom stereocenters. The maximum absolute atomic E-state index is 6.01. The molecule has 3 nitrogen and oxygen atoms in total. The van der Waals surface area contributed by atoms with Crippen molar-refractivity contribution in [2.45, 2.75) is 40.2 Å². The SMILES string of the molecule is Cc1ccc(C(C)C)cc1Oc1nccc(C)c1CN. The van der Waals surface area contributed by atoms with E-state index in [0.717, 1.165) is 22.4 Å². The molecule has 0 aliphatic carbocycles. The molecular formula is C17H22N2O. The summed E-state index contributed by atoms with van der Waals surface area (Å²) in [6.45, 7) is 8.83. The Kier molecular flexibility index (Phi) is 4.40. The summed E-state index contributed by atoms with van der Waals surface area (Å²) >= 11 is 0. The van der Waals surface area contributed by atoms with Gasteiger partial charge in [-0.25, -0.2) is 4.98 Å². The lowest BCUT2D eigenvalue weighted by Crippen LogP contribution is -2.04. The normalized spacial score (nSPS) is 10.9. The number of aryl methyl sites for hydroxylation is 2. The smallest absolute Gasteiger partial charge is 0.223 e. The number of hydrogen-bond acceptors (Lipinski definition) is 3. The van der Waals surface area contributed by atoms with Crippen LogP contribution in [0.2, 0.25) is 0 Å². The van der Waals surface area contributed by atoms with E-state index in [1.807, 2.05) is 19.9 Å². The molecule has 0 saturated heterocycles. The first-order chi connectivity index (χ1) is 9.52. The van der Waals surface area contributed by atoms with Crippen molar-refractivity contribution in [3.63, 3.8) is 0 Å². The van der Waals surface area contributed by atoms with E-state index in [9.17, 15) is 0 Å². The molecule has 1 aromatic carbocycles. The number of aromatic nitrogens is 1. The molecule has 0 amide bonds. The van der Waals surface area contributed by atoms with Gasteiger partial charge in [0, 0.05) is 18.3 Å². The summed E-state index contributed by atoms with van der Waals surface area (Å²) in [4.78, 5) is 4.32. The van der Waals surface area contributed by atoms with Gasteiger partial charge in [-0.1, -0.05) is 26.0 Å². The van der Waals surface area contributed by atoms with E-state index in [1.165, 1.54) is 5.56 Å². The molecule has 20 heavy (non-hydrogen) atoms. The summed E-state index contributed by atoms with van der Waals surface area (Å²) < 4.78 is 6.01. The van der Waals surface area contributed by atoms with E-state index in [2.05, 4.69) is 37.0 Å². The molecule has 1 heterocycles. The number of nitrogens with two attached hydrogens (primary N) is 1. The Morgan fingerprint density at radius 3 is 2.55 bits per heavy atom. The zero-order chi connectivity index (χ0) is 14.7. The minimum absolute atomic E-state index is 0.428. The minimum atomic E-state index is 0.428. The van der Waals surface area contributed by atoms with Crippen LogP contribution in [0.25, 0.3) is 0 Å². The highest BCUT2D eigenvalue weighted by Gasteiger charge is 2.11. The van der Waals surface area contributed by atoms with Crippen molar-refractivity contribution in [2.24, 2.45) is 5.73 Å². The molecule has 0 spiro atoms. The van der Waals surface area contributed by atoms with Gasteiger partial charge in [0.1, 0.15) is 5.75 Å². The van der Waals surface area contributed by atoms with Crippen LogP contribution >= 0.6 is 0 Å². The molecule has 3 heteroatoms. The van der Waals surface area contributed by atoms with Crippen LogP contribution in [0.4, 0.5) is 0 Å². The Balaban J connectivity index is 2.39. The molecule has 0 radical (unpaired) electrons. The predicted octanol–water partition coefficient (Wildman–Crippen LogP) is 4.07. The van der Waals surface area contributed by atoms with Crippen molar-refractivity contribution in [2.75, 3.05) is 0 Å². The largest absolute Gasteiger partial charge is 0.438 e. The fraction of sp³-hybridized carbons (Fsp3) is 0.353. The summed E-state index contributed by atoms with van der Waals surface area (Å²) in [5.74, 6) is 1.93. The molecule has 0 aliphatic rings. The first-order valence-corrected chi connectivity index (χ1v) is 6.96. The molecule has 0 bridgehead atoms. The lowest BCUT2D eigenvalue weighted by Gasteiger charge is -2.14. The number of nitrogens with zero attached hydrogens (tertiary/aromatic N) is 1. The summed E-state index contributed by atoms with van der Waals surface area (Å²) in [5, 5.41) is 0. The highest BCUT2D eigenvalue weighted by molar-refractivity contribution is 5.42. The van der Waals surface area contributed by atoms with Gasteiger partial charge in [0.15, 0.2) is 0 Å². The van der Waals surface area contributed by atoms with E-state index in [-0.39, 0.29) is 0 Å². The molecule has 2 N–H and O–H groups in total. The maximum atomic E-state index is 6.01. The average Bonchev–Trinajstić information content (AvgIpc) is 2.41. The molecular weight excluding hydrogens is 248 g/mol. The number of hydrogen-bond donors (Lipinski definition) is 1. The Hall–Kier alpha value is -1.87. The van der Waals surface area contributed by atoms with Gasteiger partial charge in [-0.05, 0) is 48.6 Å². The van der Waals surface area contributed by atoms with Gasteiger partial charge >= 0.3 is 0 Å². The lowest BCUT2D eigenvalue weighted by atomic mass is 10.0. The van der Waals surface area contributed by atoms with Crippen LogP contribution in [0.5, 0.6) is 11.6 Å². The van der Waals surface area contributed by atoms with Crippen molar-refractivity contribution in [3.05, 3.63) is 52.7 Å². The van der Waals surface area contributed by atoms with Gasteiger partial charge in [0.25, 0.3) is 0 Å². The minimum Gasteiger partial charge on any atom is -0.438 e. The monoisotopic (exact) mass is 270 g/mol. The van der Waals surface area contributed by atoms with Crippen molar-refractivity contribution in [1.82, 2.24) is 4.98 Å². The highest BCUT2D eigenvalue weighted by Crippen LogP contribution is 2.30. The molecule has 0 saturated carbocycles. The van der Waals surface area contributed by atoms with Gasteiger partial charge in [-0.15, -0.1) is 0 Å². The van der Waals surface area contributed by atoms with E-state index in [0.29, 0.717) is 18.3 Å². The van der Waals surface area contributed by atoms with Gasteiger partial charge in [-0.3, -0.25) is 0 Å². The molecule has 2 rings (SSSR count). The molecule has 1 aromatic heterocycles. The molecule has 0 aliphatic heterocycles. The summed E-state index contributed by atoms with van der Waals surface area (Å²) in [5.41, 5.74) is 10.2. The van der Waals surface area contributed by atoms with E-state index in [4.69, 9.17) is 10.5 Å². The molecule has 106 valence electrons.